The summed E-state index contributed by atoms with van der Waals surface area (Å²) in [6.07, 6.45) is 7.20. The highest BCUT2D eigenvalue weighted by Gasteiger charge is 2.20. The SMILES string of the molecule is Cc1nnc(-c2ccc3cnc(CC(=O)c4ccnc(OC5CCC5)c4)cc3c2)s1. The first-order valence-electron chi connectivity index (χ1n) is 9.99. The molecule has 0 saturated heterocycles. The van der Waals surface area contributed by atoms with Crippen LogP contribution in [0.1, 0.15) is 40.3 Å². The number of benzene rings is 1. The van der Waals surface area contributed by atoms with Gasteiger partial charge in [0.25, 0.3) is 0 Å². The van der Waals surface area contributed by atoms with E-state index in [1.165, 1.54) is 6.42 Å². The maximum absolute atomic E-state index is 12.8. The van der Waals surface area contributed by atoms with Crippen molar-refractivity contribution >= 4 is 27.9 Å². The third-order valence-electron chi connectivity index (χ3n) is 5.29. The number of nitrogens with zero attached hydrogens (tertiary/aromatic N) is 4. The van der Waals surface area contributed by atoms with E-state index in [1.54, 1.807) is 29.7 Å². The summed E-state index contributed by atoms with van der Waals surface area (Å²) in [5.41, 5.74) is 2.35. The van der Waals surface area contributed by atoms with Gasteiger partial charge >= 0.3 is 0 Å². The summed E-state index contributed by atoms with van der Waals surface area (Å²) in [4.78, 5) is 21.5. The van der Waals surface area contributed by atoms with Gasteiger partial charge in [-0.25, -0.2) is 4.98 Å². The Hall–Kier alpha value is -3.19. The molecule has 0 N–H and O–H groups in total. The Morgan fingerprint density at radius 2 is 2.00 bits per heavy atom. The summed E-state index contributed by atoms with van der Waals surface area (Å²) in [6.45, 7) is 1.94. The van der Waals surface area contributed by atoms with Gasteiger partial charge in [-0.1, -0.05) is 23.5 Å². The fraction of sp³-hybridized carbons (Fsp3) is 0.261. The zero-order valence-electron chi connectivity index (χ0n) is 16.5. The van der Waals surface area contributed by atoms with Crippen molar-refractivity contribution in [1.29, 1.82) is 0 Å². The van der Waals surface area contributed by atoms with Gasteiger partial charge in [0, 0.05) is 40.7 Å². The first-order valence-corrected chi connectivity index (χ1v) is 10.8. The van der Waals surface area contributed by atoms with E-state index in [-0.39, 0.29) is 18.3 Å². The van der Waals surface area contributed by atoms with Crippen LogP contribution in [-0.2, 0) is 6.42 Å². The second kappa shape index (κ2) is 7.91. The normalized spacial score (nSPS) is 13.9. The van der Waals surface area contributed by atoms with E-state index in [0.29, 0.717) is 11.4 Å². The number of hydrogen-bond acceptors (Lipinski definition) is 7. The Morgan fingerprint density at radius 3 is 2.77 bits per heavy atom. The van der Waals surface area contributed by atoms with Crippen molar-refractivity contribution in [3.05, 3.63) is 65.1 Å². The number of carbonyl (C=O) groups is 1. The van der Waals surface area contributed by atoms with E-state index < -0.39 is 0 Å². The minimum Gasteiger partial charge on any atom is -0.474 e. The lowest BCUT2D eigenvalue weighted by Gasteiger charge is -2.25. The number of aryl methyl sites for hydroxylation is 1. The van der Waals surface area contributed by atoms with Crippen molar-refractivity contribution in [1.82, 2.24) is 20.2 Å². The lowest BCUT2D eigenvalue weighted by atomic mass is 9.96. The lowest BCUT2D eigenvalue weighted by Crippen LogP contribution is -2.25. The Kier molecular flexibility index (Phi) is 4.96. The molecule has 3 aromatic heterocycles. The van der Waals surface area contributed by atoms with Crippen LogP contribution in [0.5, 0.6) is 5.88 Å². The number of ether oxygens (including phenoxy) is 1. The lowest BCUT2D eigenvalue weighted by molar-refractivity contribution is 0.0986. The molecule has 0 bridgehead atoms. The van der Waals surface area contributed by atoms with Crippen molar-refractivity contribution < 1.29 is 9.53 Å². The molecule has 1 aromatic carbocycles. The van der Waals surface area contributed by atoms with Gasteiger partial charge in [-0.3, -0.25) is 9.78 Å². The number of rotatable bonds is 6. The molecule has 150 valence electrons. The number of aromatic nitrogens is 4. The van der Waals surface area contributed by atoms with Crippen LogP contribution in [0.3, 0.4) is 0 Å². The van der Waals surface area contributed by atoms with Gasteiger partial charge in [-0.2, -0.15) is 0 Å². The Morgan fingerprint density at radius 1 is 1.10 bits per heavy atom. The second-order valence-corrected chi connectivity index (χ2v) is 8.70. The molecule has 0 amide bonds. The largest absolute Gasteiger partial charge is 0.474 e. The molecular formula is C23H20N4O2S. The summed E-state index contributed by atoms with van der Waals surface area (Å²) in [5.74, 6) is 0.521. The maximum atomic E-state index is 12.8. The van der Waals surface area contributed by atoms with Crippen molar-refractivity contribution in [3.63, 3.8) is 0 Å². The van der Waals surface area contributed by atoms with Crippen molar-refractivity contribution in [2.24, 2.45) is 0 Å². The molecule has 3 heterocycles. The van der Waals surface area contributed by atoms with E-state index >= 15 is 0 Å². The van der Waals surface area contributed by atoms with Gasteiger partial charge < -0.3 is 4.74 Å². The Balaban J connectivity index is 1.36. The monoisotopic (exact) mass is 416 g/mol. The van der Waals surface area contributed by atoms with E-state index in [4.69, 9.17) is 4.74 Å². The van der Waals surface area contributed by atoms with Gasteiger partial charge in [0.2, 0.25) is 5.88 Å². The van der Waals surface area contributed by atoms with Crippen molar-refractivity contribution in [2.75, 3.05) is 0 Å². The van der Waals surface area contributed by atoms with Gasteiger partial charge in [-0.05, 0) is 49.8 Å². The standard InChI is InChI=1S/C23H20N4O2S/c1-14-26-27-23(30-14)16-5-6-17-13-25-19(10-18(17)9-16)12-21(28)15-7-8-24-22(11-15)29-20-3-2-4-20/h5-11,13,20H,2-4,12H2,1H3. The Bertz CT molecular complexity index is 1230. The number of hydrogen-bond donors (Lipinski definition) is 0. The minimum absolute atomic E-state index is 0.00128. The van der Waals surface area contributed by atoms with Gasteiger partial charge in [0.1, 0.15) is 16.1 Å². The van der Waals surface area contributed by atoms with Crippen LogP contribution in [-0.4, -0.2) is 32.1 Å². The molecule has 1 fully saturated rings. The topological polar surface area (TPSA) is 77.9 Å². The number of ketones is 1. The number of carbonyl (C=O) groups excluding carboxylic acids is 1. The molecule has 1 saturated carbocycles. The first-order chi connectivity index (χ1) is 14.6. The Labute approximate surface area is 178 Å². The first kappa shape index (κ1) is 18.8. The summed E-state index contributed by atoms with van der Waals surface area (Å²) < 4.78 is 5.82. The average molecular weight is 417 g/mol. The van der Waals surface area contributed by atoms with Crippen molar-refractivity contribution in [3.8, 4) is 16.5 Å². The van der Waals surface area contributed by atoms with Gasteiger partial charge in [0.05, 0.1) is 6.42 Å². The van der Waals surface area contributed by atoms with Crippen molar-refractivity contribution in [2.45, 2.75) is 38.7 Å². The van der Waals surface area contributed by atoms with Crippen LogP contribution < -0.4 is 4.74 Å². The van der Waals surface area contributed by atoms with Crippen LogP contribution in [0.2, 0.25) is 0 Å². The molecule has 0 radical (unpaired) electrons. The third kappa shape index (κ3) is 3.93. The smallest absolute Gasteiger partial charge is 0.214 e. The van der Waals surface area contributed by atoms with E-state index in [9.17, 15) is 4.79 Å². The molecule has 5 rings (SSSR count). The number of Topliss-reactive ketones (excluding diaryl/α,β-unsaturated/α-hetero) is 1. The highest BCUT2D eigenvalue weighted by Crippen LogP contribution is 2.27. The summed E-state index contributed by atoms with van der Waals surface area (Å²) in [5, 5.41) is 12.2. The van der Waals surface area contributed by atoms with E-state index in [2.05, 4.69) is 26.2 Å². The highest BCUT2D eigenvalue weighted by atomic mass is 32.1. The predicted octanol–water partition coefficient (Wildman–Crippen LogP) is 4.81. The van der Waals surface area contributed by atoms with Gasteiger partial charge in [0.15, 0.2) is 5.78 Å². The van der Waals surface area contributed by atoms with Crippen LogP contribution in [0.4, 0.5) is 0 Å². The molecule has 0 aliphatic heterocycles. The summed E-state index contributed by atoms with van der Waals surface area (Å²) in [6, 6.07) is 11.5. The third-order valence-corrected chi connectivity index (χ3v) is 6.18. The fourth-order valence-electron chi connectivity index (χ4n) is 3.40. The number of fused-ring (bicyclic) bond motifs is 1. The van der Waals surface area contributed by atoms with E-state index in [1.807, 2.05) is 31.3 Å². The van der Waals surface area contributed by atoms with Crippen LogP contribution in [0.25, 0.3) is 21.3 Å². The van der Waals surface area contributed by atoms with Crippen LogP contribution >= 0.6 is 11.3 Å². The second-order valence-electron chi connectivity index (χ2n) is 7.52. The molecule has 0 atom stereocenters. The number of pyridine rings is 2. The quantitative estimate of drug-likeness (QED) is 0.420. The molecule has 7 heteroatoms. The zero-order valence-corrected chi connectivity index (χ0v) is 17.4. The molecular weight excluding hydrogens is 396 g/mol. The van der Waals surface area contributed by atoms with Gasteiger partial charge in [-0.15, -0.1) is 10.2 Å². The molecule has 1 aliphatic rings. The highest BCUT2D eigenvalue weighted by molar-refractivity contribution is 7.14. The summed E-state index contributed by atoms with van der Waals surface area (Å²) >= 11 is 1.56. The average Bonchev–Trinajstić information content (AvgIpc) is 3.17. The molecule has 0 unspecified atom stereocenters. The molecule has 1 aliphatic carbocycles. The van der Waals surface area contributed by atoms with E-state index in [0.717, 1.165) is 44.9 Å². The zero-order chi connectivity index (χ0) is 20.5. The predicted molar refractivity (Wildman–Crippen MR) is 116 cm³/mol. The minimum atomic E-state index is -0.00128. The fourth-order valence-corrected chi connectivity index (χ4v) is 4.09. The summed E-state index contributed by atoms with van der Waals surface area (Å²) in [7, 11) is 0. The molecule has 30 heavy (non-hydrogen) atoms. The molecule has 6 nitrogen and oxygen atoms in total. The maximum Gasteiger partial charge on any atom is 0.214 e. The molecule has 4 aromatic rings. The van der Waals surface area contributed by atoms with Crippen LogP contribution in [0, 0.1) is 6.92 Å². The molecule has 0 spiro atoms. The van der Waals surface area contributed by atoms with Crippen LogP contribution in [0.15, 0.2) is 48.8 Å².